The van der Waals surface area contributed by atoms with Crippen LogP contribution in [0.15, 0.2) is 18.2 Å². The minimum atomic E-state index is -4.52. The first kappa shape index (κ1) is 18.7. The van der Waals surface area contributed by atoms with Gasteiger partial charge >= 0.3 is 12.2 Å². The van der Waals surface area contributed by atoms with Gasteiger partial charge in [0, 0.05) is 6.04 Å². The monoisotopic (exact) mass is 381 g/mol. The van der Waals surface area contributed by atoms with Crippen LogP contribution in [0.3, 0.4) is 0 Å². The van der Waals surface area contributed by atoms with Gasteiger partial charge in [-0.1, -0.05) is 11.6 Å². The maximum atomic E-state index is 12.7. The van der Waals surface area contributed by atoms with Crippen LogP contribution in [0.5, 0.6) is 0 Å². The van der Waals surface area contributed by atoms with Gasteiger partial charge in [0.25, 0.3) is 0 Å². The SMILES string of the molecule is CC1CC(SCC(=O)Nc2cc(C(F)(F)F)ccc2Cl)NC(=O)N1. The van der Waals surface area contributed by atoms with Gasteiger partial charge in [-0.15, -0.1) is 11.8 Å². The summed E-state index contributed by atoms with van der Waals surface area (Å²) in [6.07, 6.45) is -3.89. The van der Waals surface area contributed by atoms with E-state index in [0.29, 0.717) is 6.42 Å². The highest BCUT2D eigenvalue weighted by atomic mass is 35.5. The zero-order valence-electron chi connectivity index (χ0n) is 12.5. The number of carbonyl (C=O) groups is 2. The second-order valence-corrected chi connectivity index (χ2v) is 6.89. The minimum Gasteiger partial charge on any atom is -0.336 e. The van der Waals surface area contributed by atoms with Crippen LogP contribution in [-0.4, -0.2) is 29.1 Å². The Morgan fingerprint density at radius 1 is 1.42 bits per heavy atom. The van der Waals surface area contributed by atoms with E-state index in [1.807, 2.05) is 6.92 Å². The van der Waals surface area contributed by atoms with Crippen molar-refractivity contribution in [2.45, 2.75) is 30.9 Å². The van der Waals surface area contributed by atoms with E-state index in [2.05, 4.69) is 16.0 Å². The zero-order valence-corrected chi connectivity index (χ0v) is 14.1. The topological polar surface area (TPSA) is 70.2 Å². The van der Waals surface area contributed by atoms with Crippen LogP contribution in [0.4, 0.5) is 23.7 Å². The van der Waals surface area contributed by atoms with Crippen molar-refractivity contribution in [1.82, 2.24) is 10.6 Å². The fraction of sp³-hybridized carbons (Fsp3) is 0.429. The number of thioether (sulfide) groups is 1. The summed E-state index contributed by atoms with van der Waals surface area (Å²) in [6, 6.07) is 2.39. The summed E-state index contributed by atoms with van der Waals surface area (Å²) >= 11 is 7.02. The summed E-state index contributed by atoms with van der Waals surface area (Å²) in [4.78, 5) is 23.3. The molecule has 0 saturated carbocycles. The summed E-state index contributed by atoms with van der Waals surface area (Å²) in [5, 5.41) is 7.48. The quantitative estimate of drug-likeness (QED) is 0.748. The van der Waals surface area contributed by atoms with Crippen molar-refractivity contribution >= 4 is 41.0 Å². The molecule has 2 unspecified atom stereocenters. The largest absolute Gasteiger partial charge is 0.416 e. The molecule has 0 aromatic heterocycles. The molecule has 1 aromatic rings. The number of rotatable bonds is 4. The molecular formula is C14H15ClF3N3O2S. The van der Waals surface area contributed by atoms with Gasteiger partial charge in [-0.25, -0.2) is 4.79 Å². The van der Waals surface area contributed by atoms with Gasteiger partial charge in [-0.2, -0.15) is 13.2 Å². The third kappa shape index (κ3) is 5.20. The van der Waals surface area contributed by atoms with Gasteiger partial charge in [0.2, 0.25) is 5.91 Å². The van der Waals surface area contributed by atoms with E-state index in [0.717, 1.165) is 18.2 Å². The minimum absolute atomic E-state index is 0.0165. The summed E-state index contributed by atoms with van der Waals surface area (Å²) in [7, 11) is 0. The van der Waals surface area contributed by atoms with Crippen molar-refractivity contribution < 1.29 is 22.8 Å². The molecule has 2 atom stereocenters. The highest BCUT2D eigenvalue weighted by Gasteiger charge is 2.31. The van der Waals surface area contributed by atoms with Crippen molar-refractivity contribution in [3.8, 4) is 0 Å². The average molecular weight is 382 g/mol. The molecule has 0 bridgehead atoms. The van der Waals surface area contributed by atoms with Crippen LogP contribution in [0.1, 0.15) is 18.9 Å². The van der Waals surface area contributed by atoms with Gasteiger partial charge < -0.3 is 16.0 Å². The van der Waals surface area contributed by atoms with Crippen molar-refractivity contribution in [3.05, 3.63) is 28.8 Å². The lowest BCUT2D eigenvalue weighted by Gasteiger charge is -2.28. The number of nitrogens with one attached hydrogen (secondary N) is 3. The fourth-order valence-corrected chi connectivity index (χ4v) is 3.32. The normalized spacial score (nSPS) is 21.0. The van der Waals surface area contributed by atoms with E-state index in [4.69, 9.17) is 11.6 Å². The van der Waals surface area contributed by atoms with Gasteiger partial charge in [-0.3, -0.25) is 4.79 Å². The lowest BCUT2D eigenvalue weighted by atomic mass is 10.2. The van der Waals surface area contributed by atoms with Crippen LogP contribution in [0.2, 0.25) is 5.02 Å². The lowest BCUT2D eigenvalue weighted by molar-refractivity contribution is -0.137. The Balaban J connectivity index is 1.94. The maximum Gasteiger partial charge on any atom is 0.416 e. The maximum absolute atomic E-state index is 12.7. The molecule has 3 amide bonds. The molecule has 0 aliphatic carbocycles. The van der Waals surface area contributed by atoms with Crippen LogP contribution >= 0.6 is 23.4 Å². The van der Waals surface area contributed by atoms with Crippen LogP contribution in [-0.2, 0) is 11.0 Å². The van der Waals surface area contributed by atoms with Gasteiger partial charge in [-0.05, 0) is 31.5 Å². The molecule has 0 spiro atoms. The molecule has 1 aliphatic heterocycles. The second-order valence-electron chi connectivity index (χ2n) is 5.29. The van der Waals surface area contributed by atoms with E-state index in [9.17, 15) is 22.8 Å². The number of carbonyl (C=O) groups excluding carboxylic acids is 2. The first-order chi connectivity index (χ1) is 11.1. The van der Waals surface area contributed by atoms with E-state index >= 15 is 0 Å². The van der Waals surface area contributed by atoms with E-state index < -0.39 is 17.6 Å². The Morgan fingerprint density at radius 2 is 2.12 bits per heavy atom. The van der Waals surface area contributed by atoms with Crippen molar-refractivity contribution in [1.29, 1.82) is 0 Å². The number of halogens is 4. The van der Waals surface area contributed by atoms with E-state index in [-0.39, 0.29) is 33.9 Å². The number of anilines is 1. The standard InChI is InChI=1S/C14H15ClF3N3O2S/c1-7-4-12(21-13(23)19-7)24-6-11(22)20-10-5-8(14(16,17)18)2-3-9(10)15/h2-3,5,7,12H,4,6H2,1H3,(H,20,22)(H2,19,21,23). The Morgan fingerprint density at radius 3 is 2.75 bits per heavy atom. The van der Waals surface area contributed by atoms with Crippen molar-refractivity contribution in [3.63, 3.8) is 0 Å². The predicted octanol–water partition coefficient (Wildman–Crippen LogP) is 3.45. The summed E-state index contributed by atoms with van der Waals surface area (Å²) in [5.41, 5.74) is -0.992. The molecule has 1 fully saturated rings. The van der Waals surface area contributed by atoms with Gasteiger partial charge in [0.15, 0.2) is 0 Å². The zero-order chi connectivity index (χ0) is 17.9. The summed E-state index contributed by atoms with van der Waals surface area (Å²) < 4.78 is 38.1. The van der Waals surface area contributed by atoms with Crippen molar-refractivity contribution in [2.24, 2.45) is 0 Å². The predicted molar refractivity (Wildman–Crippen MR) is 87.1 cm³/mol. The fourth-order valence-electron chi connectivity index (χ4n) is 2.12. The molecule has 132 valence electrons. The number of hydrogen-bond acceptors (Lipinski definition) is 3. The molecule has 0 radical (unpaired) electrons. The Hall–Kier alpha value is -1.61. The summed E-state index contributed by atoms with van der Waals surface area (Å²) in [6.45, 7) is 1.84. The molecule has 1 aromatic carbocycles. The first-order valence-electron chi connectivity index (χ1n) is 7.00. The molecule has 1 saturated heterocycles. The number of amides is 3. The number of hydrogen-bond donors (Lipinski definition) is 3. The van der Waals surface area contributed by atoms with E-state index in [1.165, 1.54) is 11.8 Å². The third-order valence-electron chi connectivity index (χ3n) is 3.22. The number of alkyl halides is 3. The number of benzene rings is 1. The molecule has 5 nitrogen and oxygen atoms in total. The van der Waals surface area contributed by atoms with Gasteiger partial charge in [0.05, 0.1) is 27.4 Å². The number of urea groups is 1. The lowest BCUT2D eigenvalue weighted by Crippen LogP contribution is -2.52. The molecule has 1 aliphatic rings. The Labute approximate surface area is 145 Å². The Bertz CT molecular complexity index is 642. The third-order valence-corrected chi connectivity index (χ3v) is 4.69. The highest BCUT2D eigenvalue weighted by molar-refractivity contribution is 8.00. The smallest absolute Gasteiger partial charge is 0.336 e. The van der Waals surface area contributed by atoms with E-state index in [1.54, 1.807) is 0 Å². The van der Waals surface area contributed by atoms with Gasteiger partial charge in [0.1, 0.15) is 0 Å². The summed E-state index contributed by atoms with van der Waals surface area (Å²) in [5.74, 6) is -0.522. The highest BCUT2D eigenvalue weighted by Crippen LogP contribution is 2.33. The Kier molecular flexibility index (Phi) is 5.87. The van der Waals surface area contributed by atoms with Crippen LogP contribution in [0.25, 0.3) is 0 Å². The van der Waals surface area contributed by atoms with Crippen molar-refractivity contribution in [2.75, 3.05) is 11.1 Å². The van der Waals surface area contributed by atoms with Crippen LogP contribution in [0, 0.1) is 0 Å². The van der Waals surface area contributed by atoms with Crippen LogP contribution < -0.4 is 16.0 Å². The molecule has 2 rings (SSSR count). The molecule has 10 heteroatoms. The average Bonchev–Trinajstić information content (AvgIpc) is 2.45. The molecule has 1 heterocycles. The molecular weight excluding hydrogens is 367 g/mol. The second kappa shape index (κ2) is 7.52. The molecule has 3 N–H and O–H groups in total. The first-order valence-corrected chi connectivity index (χ1v) is 8.43. The molecule has 24 heavy (non-hydrogen) atoms.